The van der Waals surface area contributed by atoms with Crippen molar-refractivity contribution >= 4 is 11.6 Å². The Bertz CT molecular complexity index is 226. The van der Waals surface area contributed by atoms with Gasteiger partial charge in [-0.1, -0.05) is 19.4 Å². The van der Waals surface area contributed by atoms with Gasteiger partial charge in [-0.2, -0.15) is 0 Å². The minimum absolute atomic E-state index is 0.150. The van der Waals surface area contributed by atoms with E-state index in [1.165, 1.54) is 12.2 Å². The van der Waals surface area contributed by atoms with Crippen molar-refractivity contribution in [3.05, 3.63) is 23.8 Å². The number of hydrogen-bond acceptors (Lipinski definition) is 2. The zero-order valence-electron chi connectivity index (χ0n) is 6.46. The molecule has 58 valence electrons. The fourth-order valence-electron chi connectivity index (χ4n) is 0.942. The van der Waals surface area contributed by atoms with Crippen molar-refractivity contribution in [1.82, 2.24) is 0 Å². The minimum atomic E-state index is -0.150. The van der Waals surface area contributed by atoms with Crippen LogP contribution in [0, 0.1) is 0 Å². The van der Waals surface area contributed by atoms with Crippen LogP contribution >= 0.6 is 0 Å². The van der Waals surface area contributed by atoms with E-state index in [-0.39, 0.29) is 11.6 Å². The fraction of sp³-hybridized carbons (Fsp3) is 0.333. The van der Waals surface area contributed by atoms with Gasteiger partial charge in [0, 0.05) is 0 Å². The Kier molecular flexibility index (Phi) is 2.36. The Morgan fingerprint density at radius 1 is 1.27 bits per heavy atom. The number of unbranched alkanes of at least 4 members (excludes halogenated alkanes) is 1. The molecule has 0 aromatic heterocycles. The van der Waals surface area contributed by atoms with E-state index in [1.54, 1.807) is 6.08 Å². The third kappa shape index (κ3) is 1.64. The van der Waals surface area contributed by atoms with Crippen LogP contribution in [0.15, 0.2) is 23.8 Å². The molecule has 1 rings (SSSR count). The molecule has 0 N–H and O–H groups in total. The molecule has 2 heteroatoms. The second-order valence-corrected chi connectivity index (χ2v) is 2.47. The molecule has 0 spiro atoms. The molecule has 0 unspecified atom stereocenters. The highest BCUT2D eigenvalue weighted by molar-refractivity contribution is 6.33. The van der Waals surface area contributed by atoms with E-state index in [0.29, 0.717) is 5.57 Å². The quantitative estimate of drug-likeness (QED) is 0.440. The zero-order chi connectivity index (χ0) is 8.27. The van der Waals surface area contributed by atoms with Crippen LogP contribution < -0.4 is 0 Å². The average Bonchev–Trinajstić information content (AvgIpc) is 2.29. The van der Waals surface area contributed by atoms with E-state index in [9.17, 15) is 9.59 Å². The number of carbonyl (C=O) groups excluding carboxylic acids is 2. The number of rotatable bonds is 2. The largest absolute Gasteiger partial charge is 0.289 e. The highest BCUT2D eigenvalue weighted by Gasteiger charge is 2.18. The van der Waals surface area contributed by atoms with E-state index in [2.05, 4.69) is 0 Å². The first kappa shape index (κ1) is 7.92. The third-order valence-electron chi connectivity index (χ3n) is 1.55. The Balaban J connectivity index is 2.73. The summed E-state index contributed by atoms with van der Waals surface area (Å²) in [5.74, 6) is -0.299. The van der Waals surface area contributed by atoms with Gasteiger partial charge in [0.1, 0.15) is 0 Å². The molecule has 0 radical (unpaired) electrons. The van der Waals surface area contributed by atoms with Gasteiger partial charge >= 0.3 is 0 Å². The van der Waals surface area contributed by atoms with Crippen LogP contribution in [0.5, 0.6) is 0 Å². The van der Waals surface area contributed by atoms with E-state index in [0.717, 1.165) is 12.8 Å². The van der Waals surface area contributed by atoms with Crippen molar-refractivity contribution < 1.29 is 9.59 Å². The maximum atomic E-state index is 10.9. The number of carbonyl (C=O) groups is 2. The molecule has 0 fully saturated rings. The van der Waals surface area contributed by atoms with Crippen molar-refractivity contribution in [2.75, 3.05) is 0 Å². The maximum absolute atomic E-state index is 10.9. The monoisotopic (exact) mass is 150 g/mol. The van der Waals surface area contributed by atoms with Crippen molar-refractivity contribution in [3.8, 4) is 0 Å². The Hall–Kier alpha value is -1.18. The number of hydrogen-bond donors (Lipinski definition) is 0. The Morgan fingerprint density at radius 2 is 1.82 bits per heavy atom. The lowest BCUT2D eigenvalue weighted by atomic mass is 10.1. The molecule has 0 amide bonds. The molecule has 0 heterocycles. The summed E-state index contributed by atoms with van der Waals surface area (Å²) in [6.45, 7) is 2.01. The molecule has 0 saturated carbocycles. The van der Waals surface area contributed by atoms with Gasteiger partial charge in [0.15, 0.2) is 11.6 Å². The molecule has 0 saturated heterocycles. The smallest absolute Gasteiger partial charge is 0.189 e. The molecule has 1 aliphatic carbocycles. The first-order valence-electron chi connectivity index (χ1n) is 3.72. The lowest BCUT2D eigenvalue weighted by Crippen LogP contribution is -2.00. The van der Waals surface area contributed by atoms with Gasteiger partial charge in [-0.15, -0.1) is 0 Å². The molecule has 0 atom stereocenters. The van der Waals surface area contributed by atoms with Gasteiger partial charge in [0.2, 0.25) is 0 Å². The normalized spacial score (nSPS) is 16.3. The van der Waals surface area contributed by atoms with E-state index < -0.39 is 0 Å². The summed E-state index contributed by atoms with van der Waals surface area (Å²) in [6, 6.07) is 0. The number of allylic oxidation sites excluding steroid dienone is 4. The molecule has 0 aromatic rings. The van der Waals surface area contributed by atoms with Crippen LogP contribution in [0.2, 0.25) is 0 Å². The van der Waals surface area contributed by atoms with Crippen LogP contribution in [-0.4, -0.2) is 11.6 Å². The van der Waals surface area contributed by atoms with Gasteiger partial charge in [0.25, 0.3) is 0 Å². The van der Waals surface area contributed by atoms with Gasteiger partial charge in [-0.25, -0.2) is 0 Å². The molecule has 0 aromatic carbocycles. The third-order valence-corrected chi connectivity index (χ3v) is 1.55. The molecule has 11 heavy (non-hydrogen) atoms. The first-order valence-corrected chi connectivity index (χ1v) is 3.72. The summed E-state index contributed by atoms with van der Waals surface area (Å²) in [5.41, 5.74) is 0.340. The van der Waals surface area contributed by atoms with Crippen LogP contribution in [0.4, 0.5) is 0 Å². The second-order valence-electron chi connectivity index (χ2n) is 2.47. The molecule has 0 aliphatic heterocycles. The van der Waals surface area contributed by atoms with Crippen molar-refractivity contribution in [3.63, 3.8) is 0 Å². The summed E-state index contributed by atoms with van der Waals surface area (Å²) in [6.07, 6.45) is 6.12. The molecule has 2 nitrogen and oxygen atoms in total. The lowest BCUT2D eigenvalue weighted by molar-refractivity contribution is -0.115. The van der Waals surface area contributed by atoms with Crippen LogP contribution in [0.1, 0.15) is 19.8 Å². The van der Waals surface area contributed by atoms with Gasteiger partial charge < -0.3 is 0 Å². The molecule has 0 bridgehead atoms. The van der Waals surface area contributed by atoms with E-state index >= 15 is 0 Å². The Morgan fingerprint density at radius 3 is 2.27 bits per heavy atom. The van der Waals surface area contributed by atoms with Crippen molar-refractivity contribution in [2.45, 2.75) is 19.8 Å². The van der Waals surface area contributed by atoms with E-state index in [1.807, 2.05) is 6.92 Å². The Labute approximate surface area is 65.6 Å². The molecular weight excluding hydrogens is 140 g/mol. The summed E-state index contributed by atoms with van der Waals surface area (Å²) >= 11 is 0. The predicted molar refractivity (Wildman–Crippen MR) is 42.1 cm³/mol. The van der Waals surface area contributed by atoms with Crippen LogP contribution in [0.25, 0.3) is 0 Å². The predicted octanol–water partition coefficient (Wildman–Crippen LogP) is 1.42. The molecular formula is C9H10O2. The van der Waals surface area contributed by atoms with Crippen LogP contribution in [-0.2, 0) is 9.59 Å². The highest BCUT2D eigenvalue weighted by Crippen LogP contribution is 2.10. The minimum Gasteiger partial charge on any atom is -0.289 e. The average molecular weight is 150 g/mol. The molecule has 1 aliphatic rings. The first-order chi connectivity index (χ1) is 5.25. The standard InChI is InChI=1S/C9H10O2/c1-2-3-4-7-8(10)5-6-9(7)11/h4-6H,2-3H2,1H3. The van der Waals surface area contributed by atoms with E-state index in [4.69, 9.17) is 0 Å². The topological polar surface area (TPSA) is 34.1 Å². The summed E-state index contributed by atoms with van der Waals surface area (Å²) < 4.78 is 0. The maximum Gasteiger partial charge on any atom is 0.189 e. The second kappa shape index (κ2) is 3.28. The lowest BCUT2D eigenvalue weighted by Gasteiger charge is -1.90. The van der Waals surface area contributed by atoms with Gasteiger partial charge in [-0.05, 0) is 18.6 Å². The zero-order valence-corrected chi connectivity index (χ0v) is 6.46. The highest BCUT2D eigenvalue weighted by atomic mass is 16.2. The van der Waals surface area contributed by atoms with Crippen molar-refractivity contribution in [2.24, 2.45) is 0 Å². The fourth-order valence-corrected chi connectivity index (χ4v) is 0.942. The SMILES string of the molecule is CCCC=C1C(=O)C=CC1=O. The van der Waals surface area contributed by atoms with Crippen molar-refractivity contribution in [1.29, 1.82) is 0 Å². The summed E-state index contributed by atoms with van der Waals surface area (Å²) in [7, 11) is 0. The number of ketones is 2. The van der Waals surface area contributed by atoms with Crippen LogP contribution in [0.3, 0.4) is 0 Å². The summed E-state index contributed by atoms with van der Waals surface area (Å²) in [4.78, 5) is 21.8. The summed E-state index contributed by atoms with van der Waals surface area (Å²) in [5, 5.41) is 0. The van der Waals surface area contributed by atoms with Gasteiger partial charge in [-0.3, -0.25) is 9.59 Å². The van der Waals surface area contributed by atoms with Gasteiger partial charge in [0.05, 0.1) is 5.57 Å².